The maximum Gasteiger partial charge on any atom is 0.248 e. The first kappa shape index (κ1) is 16.7. The van der Waals surface area contributed by atoms with Crippen molar-refractivity contribution in [3.63, 3.8) is 0 Å². The molecular formula is C17H25N5O2. The first-order valence-corrected chi connectivity index (χ1v) is 8.66. The van der Waals surface area contributed by atoms with Gasteiger partial charge >= 0.3 is 0 Å². The number of piperidine rings is 1. The topological polar surface area (TPSA) is 85.0 Å². The lowest BCUT2D eigenvalue weighted by Crippen LogP contribution is -2.54. The monoisotopic (exact) mass is 331 g/mol. The third-order valence-electron chi connectivity index (χ3n) is 4.83. The second-order valence-corrected chi connectivity index (χ2v) is 6.15. The number of carbonyl (C=O) groups is 1. The second kappa shape index (κ2) is 7.17. The number of aryl methyl sites for hydroxylation is 2. The third-order valence-corrected chi connectivity index (χ3v) is 4.83. The van der Waals surface area contributed by atoms with Crippen molar-refractivity contribution in [3.8, 4) is 0 Å². The van der Waals surface area contributed by atoms with Crippen LogP contribution >= 0.6 is 0 Å². The van der Waals surface area contributed by atoms with Crippen LogP contribution in [0.3, 0.4) is 0 Å². The maximum atomic E-state index is 13.1. The summed E-state index contributed by atoms with van der Waals surface area (Å²) in [6.45, 7) is 6.14. The Morgan fingerprint density at radius 2 is 2.17 bits per heavy atom. The van der Waals surface area contributed by atoms with Crippen molar-refractivity contribution in [1.29, 1.82) is 0 Å². The Morgan fingerprint density at radius 1 is 1.38 bits per heavy atom. The summed E-state index contributed by atoms with van der Waals surface area (Å²) < 4.78 is 7.19. The van der Waals surface area contributed by atoms with E-state index in [1.54, 1.807) is 10.9 Å². The van der Waals surface area contributed by atoms with E-state index in [2.05, 4.69) is 20.9 Å². The molecule has 24 heavy (non-hydrogen) atoms. The SMILES string of the molecule is CCc1noc(CC)c1CNC(=O)C1(n2cccn2)CCNCC1. The Bertz CT molecular complexity index is 650. The van der Waals surface area contributed by atoms with E-state index in [-0.39, 0.29) is 5.91 Å². The number of hydrogen-bond donors (Lipinski definition) is 2. The highest BCUT2D eigenvalue weighted by Gasteiger charge is 2.41. The molecule has 3 rings (SSSR count). The summed E-state index contributed by atoms with van der Waals surface area (Å²) in [5, 5.41) is 14.9. The van der Waals surface area contributed by atoms with Crippen molar-refractivity contribution in [2.45, 2.75) is 51.6 Å². The van der Waals surface area contributed by atoms with Gasteiger partial charge in [0.05, 0.1) is 5.69 Å². The zero-order valence-electron chi connectivity index (χ0n) is 14.3. The fourth-order valence-corrected chi connectivity index (χ4v) is 3.39. The Labute approximate surface area is 141 Å². The predicted molar refractivity (Wildman–Crippen MR) is 89.4 cm³/mol. The van der Waals surface area contributed by atoms with Gasteiger partial charge in [-0.15, -0.1) is 0 Å². The predicted octanol–water partition coefficient (Wildman–Crippen LogP) is 1.39. The van der Waals surface area contributed by atoms with Crippen LogP contribution in [0.4, 0.5) is 0 Å². The van der Waals surface area contributed by atoms with E-state index in [1.165, 1.54) is 0 Å². The van der Waals surface area contributed by atoms with Crippen LogP contribution in [0.5, 0.6) is 0 Å². The van der Waals surface area contributed by atoms with E-state index in [0.29, 0.717) is 6.54 Å². The minimum absolute atomic E-state index is 0.0120. The normalized spacial score (nSPS) is 16.9. The van der Waals surface area contributed by atoms with E-state index in [0.717, 1.165) is 55.8 Å². The Kier molecular flexibility index (Phi) is 4.99. The molecule has 0 spiro atoms. The molecule has 0 aliphatic carbocycles. The van der Waals surface area contributed by atoms with Gasteiger partial charge in [0, 0.05) is 30.9 Å². The lowest BCUT2D eigenvalue weighted by Gasteiger charge is -2.36. The molecule has 7 heteroatoms. The Hall–Kier alpha value is -2.15. The van der Waals surface area contributed by atoms with Gasteiger partial charge in [0.25, 0.3) is 0 Å². The molecule has 2 N–H and O–H groups in total. The van der Waals surface area contributed by atoms with Crippen LogP contribution in [-0.2, 0) is 29.7 Å². The van der Waals surface area contributed by atoms with Gasteiger partial charge < -0.3 is 15.2 Å². The molecular weight excluding hydrogens is 306 g/mol. The molecule has 1 aliphatic heterocycles. The van der Waals surface area contributed by atoms with Crippen LogP contribution in [0.15, 0.2) is 23.0 Å². The summed E-state index contributed by atoms with van der Waals surface area (Å²) in [6, 6.07) is 1.86. The standard InChI is InChI=1S/C17H25N5O2/c1-3-14-13(15(4-2)24-21-14)12-19-16(23)17(6-9-18-10-7-17)22-11-5-8-20-22/h5,8,11,18H,3-4,6-7,9-10,12H2,1-2H3,(H,19,23). The smallest absolute Gasteiger partial charge is 0.248 e. The third kappa shape index (κ3) is 2.96. The van der Waals surface area contributed by atoms with Gasteiger partial charge in [0.15, 0.2) is 0 Å². The van der Waals surface area contributed by atoms with Crippen molar-refractivity contribution in [2.24, 2.45) is 0 Å². The summed E-state index contributed by atoms with van der Waals surface area (Å²) in [5.74, 6) is 0.864. The first-order valence-electron chi connectivity index (χ1n) is 8.66. The van der Waals surface area contributed by atoms with Gasteiger partial charge in [0.2, 0.25) is 5.91 Å². The average Bonchev–Trinajstić information content (AvgIpc) is 3.29. The van der Waals surface area contributed by atoms with E-state index in [1.807, 2.05) is 26.1 Å². The van der Waals surface area contributed by atoms with Crippen LogP contribution in [0.1, 0.15) is 43.7 Å². The number of amides is 1. The van der Waals surface area contributed by atoms with Crippen LogP contribution in [0.25, 0.3) is 0 Å². The molecule has 3 heterocycles. The highest BCUT2D eigenvalue weighted by molar-refractivity contribution is 5.84. The molecule has 0 bridgehead atoms. The van der Waals surface area contributed by atoms with Gasteiger partial charge in [-0.25, -0.2) is 0 Å². The van der Waals surface area contributed by atoms with Gasteiger partial charge in [-0.3, -0.25) is 9.48 Å². The molecule has 0 radical (unpaired) electrons. The van der Waals surface area contributed by atoms with Crippen molar-refractivity contribution in [1.82, 2.24) is 25.6 Å². The molecule has 130 valence electrons. The number of carbonyl (C=O) groups excluding carboxylic acids is 1. The highest BCUT2D eigenvalue weighted by Crippen LogP contribution is 2.27. The zero-order valence-corrected chi connectivity index (χ0v) is 14.3. The lowest BCUT2D eigenvalue weighted by molar-refractivity contribution is -0.132. The van der Waals surface area contributed by atoms with Crippen molar-refractivity contribution >= 4 is 5.91 Å². The van der Waals surface area contributed by atoms with E-state index >= 15 is 0 Å². The fourth-order valence-electron chi connectivity index (χ4n) is 3.39. The molecule has 1 amide bonds. The van der Waals surface area contributed by atoms with E-state index in [9.17, 15) is 4.79 Å². The van der Waals surface area contributed by atoms with Crippen LogP contribution in [0.2, 0.25) is 0 Å². The van der Waals surface area contributed by atoms with Gasteiger partial charge in [-0.1, -0.05) is 19.0 Å². The summed E-state index contributed by atoms with van der Waals surface area (Å²) in [4.78, 5) is 13.1. The molecule has 0 unspecified atom stereocenters. The number of aromatic nitrogens is 3. The van der Waals surface area contributed by atoms with Crippen LogP contribution < -0.4 is 10.6 Å². The fraction of sp³-hybridized carbons (Fsp3) is 0.588. The van der Waals surface area contributed by atoms with E-state index < -0.39 is 5.54 Å². The molecule has 1 fully saturated rings. The minimum atomic E-state index is -0.620. The first-order chi connectivity index (χ1) is 11.7. The van der Waals surface area contributed by atoms with E-state index in [4.69, 9.17) is 4.52 Å². The summed E-state index contributed by atoms with van der Waals surface area (Å²) in [7, 11) is 0. The van der Waals surface area contributed by atoms with Gasteiger partial charge in [-0.05, 0) is 38.4 Å². The average molecular weight is 331 g/mol. The van der Waals surface area contributed by atoms with Crippen LogP contribution in [0, 0.1) is 0 Å². The lowest BCUT2D eigenvalue weighted by atomic mass is 9.87. The molecule has 2 aromatic heterocycles. The number of nitrogens with one attached hydrogen (secondary N) is 2. The molecule has 2 aromatic rings. The molecule has 0 aromatic carbocycles. The number of rotatable bonds is 6. The van der Waals surface area contributed by atoms with Crippen LogP contribution in [-0.4, -0.2) is 33.9 Å². The summed E-state index contributed by atoms with van der Waals surface area (Å²) in [5.41, 5.74) is 1.31. The quantitative estimate of drug-likeness (QED) is 0.835. The molecule has 1 saturated heterocycles. The Morgan fingerprint density at radius 3 is 2.79 bits per heavy atom. The molecule has 0 saturated carbocycles. The zero-order chi connectivity index (χ0) is 17.0. The van der Waals surface area contributed by atoms with Gasteiger partial charge in [0.1, 0.15) is 11.3 Å². The number of nitrogens with zero attached hydrogens (tertiary/aromatic N) is 3. The van der Waals surface area contributed by atoms with Crippen molar-refractivity contribution in [2.75, 3.05) is 13.1 Å². The Balaban J connectivity index is 1.79. The largest absolute Gasteiger partial charge is 0.361 e. The summed E-state index contributed by atoms with van der Waals surface area (Å²) in [6.07, 6.45) is 6.62. The second-order valence-electron chi connectivity index (χ2n) is 6.15. The highest BCUT2D eigenvalue weighted by atomic mass is 16.5. The molecule has 7 nitrogen and oxygen atoms in total. The summed E-state index contributed by atoms with van der Waals surface area (Å²) >= 11 is 0. The number of hydrogen-bond acceptors (Lipinski definition) is 5. The van der Waals surface area contributed by atoms with Crippen molar-refractivity contribution in [3.05, 3.63) is 35.5 Å². The molecule has 1 aliphatic rings. The van der Waals surface area contributed by atoms with Crippen molar-refractivity contribution < 1.29 is 9.32 Å². The maximum absolute atomic E-state index is 13.1. The van der Waals surface area contributed by atoms with Gasteiger partial charge in [-0.2, -0.15) is 5.10 Å². The minimum Gasteiger partial charge on any atom is -0.361 e. The molecule has 0 atom stereocenters.